The van der Waals surface area contributed by atoms with Gasteiger partial charge < -0.3 is 0 Å². The summed E-state index contributed by atoms with van der Waals surface area (Å²) in [6, 6.07) is 22.5. The highest BCUT2D eigenvalue weighted by Gasteiger charge is 2.20. The minimum absolute atomic E-state index is 0.313. The molecule has 0 N–H and O–H groups in total. The molecule has 134 valence electrons. The van der Waals surface area contributed by atoms with Gasteiger partial charge in [-0.25, -0.2) is 9.07 Å². The van der Waals surface area contributed by atoms with E-state index < -0.39 is 0 Å². The Balaban J connectivity index is 2.00. The van der Waals surface area contributed by atoms with E-state index in [9.17, 15) is 4.39 Å². The first-order valence-corrected chi connectivity index (χ1v) is 9.09. The maximum absolute atomic E-state index is 13.9. The Morgan fingerprint density at radius 2 is 1.44 bits per heavy atom. The molecule has 4 heteroatoms. The molecule has 4 aromatic rings. The minimum atomic E-state index is -0.313. The van der Waals surface area contributed by atoms with Crippen molar-refractivity contribution in [2.45, 2.75) is 13.8 Å². The molecule has 2 nitrogen and oxygen atoms in total. The predicted molar refractivity (Wildman–Crippen MR) is 109 cm³/mol. The number of benzene rings is 3. The first kappa shape index (κ1) is 17.5. The van der Waals surface area contributed by atoms with Gasteiger partial charge in [0.2, 0.25) is 0 Å². The van der Waals surface area contributed by atoms with E-state index in [2.05, 4.69) is 6.07 Å². The summed E-state index contributed by atoms with van der Waals surface area (Å²) < 4.78 is 15.6. The van der Waals surface area contributed by atoms with Crippen LogP contribution >= 0.6 is 11.6 Å². The van der Waals surface area contributed by atoms with E-state index in [4.69, 9.17) is 16.7 Å². The zero-order valence-corrected chi connectivity index (χ0v) is 15.8. The summed E-state index contributed by atoms with van der Waals surface area (Å²) in [6.07, 6.45) is 0. The first-order chi connectivity index (χ1) is 13.0. The molecule has 0 aliphatic carbocycles. The highest BCUT2D eigenvalue weighted by Crippen LogP contribution is 2.38. The summed E-state index contributed by atoms with van der Waals surface area (Å²) in [5, 5.41) is 5.31. The van der Waals surface area contributed by atoms with E-state index in [0.717, 1.165) is 27.9 Å². The lowest BCUT2D eigenvalue weighted by Crippen LogP contribution is -2.00. The standard InChI is InChI=1S/C23H18ClFN2/c1-15-6-3-8-17(12-15)22-21(24)23(18-9-4-7-16(2)13-18)27(26-22)20-11-5-10-19(25)14-20/h3-14H,1-2H3. The maximum atomic E-state index is 13.9. The van der Waals surface area contributed by atoms with Gasteiger partial charge in [0.25, 0.3) is 0 Å². The second-order valence-electron chi connectivity index (χ2n) is 6.64. The molecule has 3 aromatic carbocycles. The highest BCUT2D eigenvalue weighted by atomic mass is 35.5. The van der Waals surface area contributed by atoms with Crippen LogP contribution in [0.15, 0.2) is 72.8 Å². The van der Waals surface area contributed by atoms with Crippen LogP contribution in [-0.4, -0.2) is 9.78 Å². The summed E-state index contributed by atoms with van der Waals surface area (Å²) >= 11 is 6.82. The van der Waals surface area contributed by atoms with Gasteiger partial charge in [-0.15, -0.1) is 0 Å². The van der Waals surface area contributed by atoms with Gasteiger partial charge in [-0.1, -0.05) is 65.2 Å². The molecular weight excluding hydrogens is 359 g/mol. The SMILES string of the molecule is Cc1cccc(-c2nn(-c3cccc(F)c3)c(-c3cccc(C)c3)c2Cl)c1. The molecule has 27 heavy (non-hydrogen) atoms. The lowest BCUT2D eigenvalue weighted by atomic mass is 10.1. The molecule has 1 aromatic heterocycles. The van der Waals surface area contributed by atoms with Crippen molar-refractivity contribution >= 4 is 11.6 Å². The lowest BCUT2D eigenvalue weighted by Gasteiger charge is -2.09. The quantitative estimate of drug-likeness (QED) is 0.393. The van der Waals surface area contributed by atoms with Crippen molar-refractivity contribution in [2.75, 3.05) is 0 Å². The second-order valence-corrected chi connectivity index (χ2v) is 7.02. The summed E-state index contributed by atoms with van der Waals surface area (Å²) in [5.74, 6) is -0.313. The van der Waals surface area contributed by atoms with Crippen LogP contribution in [0.5, 0.6) is 0 Å². The van der Waals surface area contributed by atoms with E-state index in [0.29, 0.717) is 16.4 Å². The van der Waals surface area contributed by atoms with Gasteiger partial charge in [0.15, 0.2) is 0 Å². The van der Waals surface area contributed by atoms with Crippen LogP contribution in [0.3, 0.4) is 0 Å². The molecule has 0 bridgehead atoms. The largest absolute Gasteiger partial charge is 0.231 e. The Hall–Kier alpha value is -2.91. The number of aromatic nitrogens is 2. The number of rotatable bonds is 3. The third-order valence-electron chi connectivity index (χ3n) is 4.46. The van der Waals surface area contributed by atoms with Gasteiger partial charge in [-0.3, -0.25) is 0 Å². The highest BCUT2D eigenvalue weighted by molar-refractivity contribution is 6.35. The van der Waals surface area contributed by atoms with Crippen LogP contribution in [-0.2, 0) is 0 Å². The van der Waals surface area contributed by atoms with E-state index in [1.54, 1.807) is 10.7 Å². The Kier molecular flexibility index (Phi) is 4.54. The zero-order valence-electron chi connectivity index (χ0n) is 15.1. The average Bonchev–Trinajstić information content (AvgIpc) is 2.99. The fourth-order valence-corrected chi connectivity index (χ4v) is 3.55. The van der Waals surface area contributed by atoms with Crippen LogP contribution in [0, 0.1) is 19.7 Å². The van der Waals surface area contributed by atoms with Crippen LogP contribution in [0.25, 0.3) is 28.2 Å². The second kappa shape index (κ2) is 7.01. The van der Waals surface area contributed by atoms with Crippen LogP contribution < -0.4 is 0 Å². The summed E-state index contributed by atoms with van der Waals surface area (Å²) in [7, 11) is 0. The molecule has 0 saturated carbocycles. The predicted octanol–water partition coefficient (Wildman–Crippen LogP) is 6.62. The Labute approximate surface area is 162 Å². The number of nitrogens with zero attached hydrogens (tertiary/aromatic N) is 2. The van der Waals surface area contributed by atoms with E-state index >= 15 is 0 Å². The molecule has 0 amide bonds. The smallest absolute Gasteiger partial charge is 0.125 e. The van der Waals surface area contributed by atoms with E-state index in [1.807, 2.05) is 62.4 Å². The van der Waals surface area contributed by atoms with Crippen LogP contribution in [0.2, 0.25) is 5.02 Å². The average molecular weight is 377 g/mol. The molecule has 0 unspecified atom stereocenters. The summed E-state index contributed by atoms with van der Waals surface area (Å²) in [4.78, 5) is 0. The third kappa shape index (κ3) is 3.38. The van der Waals surface area contributed by atoms with Gasteiger partial charge in [-0.2, -0.15) is 5.10 Å². The van der Waals surface area contributed by atoms with Crippen molar-refractivity contribution in [2.24, 2.45) is 0 Å². The summed E-state index contributed by atoms with van der Waals surface area (Å²) in [5.41, 5.74) is 6.18. The van der Waals surface area contributed by atoms with Crippen LogP contribution in [0.1, 0.15) is 11.1 Å². The van der Waals surface area contributed by atoms with Crippen LogP contribution in [0.4, 0.5) is 4.39 Å². The van der Waals surface area contributed by atoms with Gasteiger partial charge in [-0.05, 0) is 44.2 Å². The first-order valence-electron chi connectivity index (χ1n) is 8.71. The summed E-state index contributed by atoms with van der Waals surface area (Å²) in [6.45, 7) is 4.06. The fraction of sp³-hybridized carbons (Fsp3) is 0.0870. The van der Waals surface area contributed by atoms with Crippen molar-refractivity contribution in [3.05, 3.63) is 94.8 Å². The Bertz CT molecular complexity index is 1130. The molecule has 0 fully saturated rings. The molecular formula is C23H18ClFN2. The molecule has 0 aliphatic rings. The Morgan fingerprint density at radius 3 is 2.11 bits per heavy atom. The van der Waals surface area contributed by atoms with Gasteiger partial charge in [0, 0.05) is 11.1 Å². The molecule has 0 aliphatic heterocycles. The number of hydrogen-bond donors (Lipinski definition) is 0. The third-order valence-corrected chi connectivity index (χ3v) is 4.82. The Morgan fingerprint density at radius 1 is 0.815 bits per heavy atom. The monoisotopic (exact) mass is 376 g/mol. The topological polar surface area (TPSA) is 17.8 Å². The number of hydrogen-bond acceptors (Lipinski definition) is 1. The maximum Gasteiger partial charge on any atom is 0.125 e. The van der Waals surface area contributed by atoms with E-state index in [1.165, 1.54) is 12.1 Å². The molecule has 1 heterocycles. The molecule has 0 spiro atoms. The van der Waals surface area contributed by atoms with Crippen molar-refractivity contribution in [1.82, 2.24) is 9.78 Å². The molecule has 0 saturated heterocycles. The molecule has 4 rings (SSSR count). The van der Waals surface area contributed by atoms with Crippen molar-refractivity contribution in [3.63, 3.8) is 0 Å². The van der Waals surface area contributed by atoms with Crippen molar-refractivity contribution in [3.8, 4) is 28.2 Å². The number of halogens is 2. The van der Waals surface area contributed by atoms with Gasteiger partial charge in [0.05, 0.1) is 16.4 Å². The van der Waals surface area contributed by atoms with Crippen molar-refractivity contribution < 1.29 is 4.39 Å². The molecule has 0 atom stereocenters. The lowest BCUT2D eigenvalue weighted by molar-refractivity contribution is 0.625. The number of aryl methyl sites for hydroxylation is 2. The van der Waals surface area contributed by atoms with E-state index in [-0.39, 0.29) is 5.82 Å². The zero-order chi connectivity index (χ0) is 19.0. The molecule has 0 radical (unpaired) electrons. The normalized spacial score (nSPS) is 11.0. The van der Waals surface area contributed by atoms with Gasteiger partial charge in [0.1, 0.15) is 11.5 Å². The van der Waals surface area contributed by atoms with Crippen molar-refractivity contribution in [1.29, 1.82) is 0 Å². The minimum Gasteiger partial charge on any atom is -0.231 e. The van der Waals surface area contributed by atoms with Gasteiger partial charge >= 0.3 is 0 Å². The fourth-order valence-electron chi connectivity index (χ4n) is 3.21.